The summed E-state index contributed by atoms with van der Waals surface area (Å²) in [6.07, 6.45) is -0.483. The number of sulfone groups is 1. The Morgan fingerprint density at radius 3 is 2.64 bits per heavy atom. The number of aromatic nitrogens is 3. The average molecular weight is 220 g/mol. The first kappa shape index (κ1) is 10.4. The van der Waals surface area contributed by atoms with Crippen LogP contribution in [-0.2, 0) is 14.6 Å². The van der Waals surface area contributed by atoms with E-state index in [0.717, 1.165) is 0 Å². The number of nitrogens with zero attached hydrogens (tertiary/aromatic N) is 2. The fourth-order valence-electron chi connectivity index (χ4n) is 0.717. The fourth-order valence-corrected chi connectivity index (χ4v) is 1.77. The number of carbonyl (C=O) groups is 1. The Hall–Kier alpha value is -1.64. The molecule has 1 heterocycles. The van der Waals surface area contributed by atoms with Crippen LogP contribution in [0, 0.1) is 0 Å². The number of rotatable bonds is 4. The Bertz CT molecular complexity index is 436. The van der Waals surface area contributed by atoms with Gasteiger partial charge in [-0.3, -0.25) is 4.79 Å². The van der Waals surface area contributed by atoms with Crippen molar-refractivity contribution in [3.05, 3.63) is 0 Å². The van der Waals surface area contributed by atoms with Crippen molar-refractivity contribution >= 4 is 21.8 Å². The minimum atomic E-state index is -3.72. The van der Waals surface area contributed by atoms with E-state index in [4.69, 9.17) is 10.8 Å². The van der Waals surface area contributed by atoms with Gasteiger partial charge in [0.25, 0.3) is 0 Å². The number of nitrogen functional groups attached to an aromatic ring is 1. The van der Waals surface area contributed by atoms with Crippen molar-refractivity contribution in [2.24, 2.45) is 0 Å². The summed E-state index contributed by atoms with van der Waals surface area (Å²) in [4.78, 5) is 13.5. The summed E-state index contributed by atoms with van der Waals surface area (Å²) in [6, 6.07) is 0. The van der Waals surface area contributed by atoms with E-state index in [2.05, 4.69) is 15.2 Å². The van der Waals surface area contributed by atoms with Crippen molar-refractivity contribution in [1.29, 1.82) is 0 Å². The Morgan fingerprint density at radius 2 is 2.21 bits per heavy atom. The highest BCUT2D eigenvalue weighted by molar-refractivity contribution is 7.91. The molecule has 0 unspecified atom stereocenters. The summed E-state index contributed by atoms with van der Waals surface area (Å²) in [5.74, 6) is -1.92. The Kier molecular flexibility index (Phi) is 2.70. The van der Waals surface area contributed by atoms with Gasteiger partial charge in [0.2, 0.25) is 20.9 Å². The molecule has 0 aromatic carbocycles. The smallest absolute Gasteiger partial charge is 0.304 e. The predicted octanol–water partition coefficient (Wildman–Crippen LogP) is -1.36. The second-order valence-electron chi connectivity index (χ2n) is 2.46. The second-order valence-corrected chi connectivity index (χ2v) is 4.49. The van der Waals surface area contributed by atoms with Crippen LogP contribution in [0.15, 0.2) is 5.16 Å². The van der Waals surface area contributed by atoms with Crippen LogP contribution in [0.25, 0.3) is 0 Å². The lowest BCUT2D eigenvalue weighted by Crippen LogP contribution is -2.12. The molecule has 9 heteroatoms. The van der Waals surface area contributed by atoms with E-state index in [9.17, 15) is 13.2 Å². The molecule has 8 nitrogen and oxygen atoms in total. The topological polar surface area (TPSA) is 139 Å². The van der Waals surface area contributed by atoms with Crippen LogP contribution in [0.4, 0.5) is 5.95 Å². The van der Waals surface area contributed by atoms with Gasteiger partial charge in [0.15, 0.2) is 0 Å². The largest absolute Gasteiger partial charge is 0.481 e. The third kappa shape index (κ3) is 2.42. The highest BCUT2D eigenvalue weighted by Gasteiger charge is 2.20. The van der Waals surface area contributed by atoms with Gasteiger partial charge in [-0.15, -0.1) is 5.10 Å². The lowest BCUT2D eigenvalue weighted by Gasteiger charge is -1.95. The van der Waals surface area contributed by atoms with Crippen LogP contribution in [0.3, 0.4) is 0 Å². The second kappa shape index (κ2) is 3.62. The van der Waals surface area contributed by atoms with E-state index >= 15 is 0 Å². The van der Waals surface area contributed by atoms with Gasteiger partial charge in [-0.1, -0.05) is 0 Å². The number of carboxylic acid groups (broad SMARTS) is 1. The minimum absolute atomic E-state index is 0.195. The molecule has 0 aliphatic carbocycles. The third-order valence-electron chi connectivity index (χ3n) is 1.36. The van der Waals surface area contributed by atoms with Crippen molar-refractivity contribution in [1.82, 2.24) is 15.2 Å². The van der Waals surface area contributed by atoms with Gasteiger partial charge in [-0.05, 0) is 0 Å². The molecule has 0 aliphatic heterocycles. The van der Waals surface area contributed by atoms with E-state index in [1.807, 2.05) is 0 Å². The van der Waals surface area contributed by atoms with Gasteiger partial charge in [0, 0.05) is 0 Å². The standard InChI is InChI=1S/C5H8N4O4S/c6-4-7-5(9-8-4)14(12,13)2-1-3(10)11/h1-2H2,(H,10,11)(H3,6,7,8,9). The van der Waals surface area contributed by atoms with Crippen LogP contribution in [0.1, 0.15) is 6.42 Å². The quantitative estimate of drug-likeness (QED) is 0.569. The fraction of sp³-hybridized carbons (Fsp3) is 0.400. The lowest BCUT2D eigenvalue weighted by atomic mass is 10.5. The molecule has 0 aliphatic rings. The molecule has 0 fully saturated rings. The van der Waals surface area contributed by atoms with Gasteiger partial charge in [0.1, 0.15) is 0 Å². The number of nitrogens with one attached hydrogen (secondary N) is 1. The molecule has 1 aromatic rings. The number of aliphatic carboxylic acids is 1. The maximum absolute atomic E-state index is 11.3. The van der Waals surface area contributed by atoms with E-state index < -0.39 is 33.1 Å². The maximum Gasteiger partial charge on any atom is 0.304 e. The normalized spacial score (nSPS) is 11.4. The number of anilines is 1. The molecule has 1 rings (SSSR count). The zero-order valence-corrected chi connectivity index (χ0v) is 7.78. The zero-order valence-electron chi connectivity index (χ0n) is 6.97. The van der Waals surface area contributed by atoms with Crippen molar-refractivity contribution in [3.8, 4) is 0 Å². The molecule has 4 N–H and O–H groups in total. The van der Waals surface area contributed by atoms with Crippen LogP contribution in [-0.4, -0.2) is 40.4 Å². The Labute approximate surface area is 79.1 Å². The van der Waals surface area contributed by atoms with Crippen LogP contribution in [0.5, 0.6) is 0 Å². The first-order valence-corrected chi connectivity index (χ1v) is 5.19. The SMILES string of the molecule is Nc1n[nH]c(S(=O)(=O)CCC(=O)O)n1. The highest BCUT2D eigenvalue weighted by Crippen LogP contribution is 2.06. The average Bonchev–Trinajstić information content (AvgIpc) is 2.49. The molecular formula is C5H8N4O4S. The van der Waals surface area contributed by atoms with Crippen LogP contribution < -0.4 is 5.73 Å². The molecule has 0 radical (unpaired) electrons. The van der Waals surface area contributed by atoms with E-state index in [0.29, 0.717) is 0 Å². The van der Waals surface area contributed by atoms with Crippen LogP contribution in [0.2, 0.25) is 0 Å². The number of carboxylic acids is 1. The highest BCUT2D eigenvalue weighted by atomic mass is 32.2. The van der Waals surface area contributed by atoms with Gasteiger partial charge < -0.3 is 10.8 Å². The Morgan fingerprint density at radius 1 is 1.57 bits per heavy atom. The monoisotopic (exact) mass is 220 g/mol. The summed E-state index contributed by atoms with van der Waals surface area (Å²) in [6.45, 7) is 0. The van der Waals surface area contributed by atoms with Gasteiger partial charge in [-0.25, -0.2) is 13.5 Å². The number of H-pyrrole nitrogens is 1. The molecule has 0 spiro atoms. The van der Waals surface area contributed by atoms with Crippen LogP contribution >= 0.6 is 0 Å². The summed E-state index contributed by atoms with van der Waals surface area (Å²) < 4.78 is 22.6. The van der Waals surface area contributed by atoms with Crippen molar-refractivity contribution in [2.45, 2.75) is 11.6 Å². The maximum atomic E-state index is 11.3. The summed E-state index contributed by atoms with van der Waals surface area (Å²) >= 11 is 0. The molecule has 1 aromatic heterocycles. The Balaban J connectivity index is 2.81. The van der Waals surface area contributed by atoms with E-state index in [-0.39, 0.29) is 5.95 Å². The number of hydrogen-bond acceptors (Lipinski definition) is 6. The predicted molar refractivity (Wildman–Crippen MR) is 45.1 cm³/mol. The first-order valence-electron chi connectivity index (χ1n) is 3.54. The summed E-state index contributed by atoms with van der Waals surface area (Å²) in [5, 5.41) is 13.3. The van der Waals surface area contributed by atoms with E-state index in [1.54, 1.807) is 0 Å². The molecule has 78 valence electrons. The van der Waals surface area contributed by atoms with Crippen molar-refractivity contribution in [3.63, 3.8) is 0 Å². The van der Waals surface area contributed by atoms with Gasteiger partial charge >= 0.3 is 5.97 Å². The summed E-state index contributed by atoms with van der Waals surface area (Å²) in [5.41, 5.74) is 5.10. The number of aromatic amines is 1. The number of hydrogen-bond donors (Lipinski definition) is 3. The van der Waals surface area contributed by atoms with Gasteiger partial charge in [0.05, 0.1) is 12.2 Å². The first-order chi connectivity index (χ1) is 6.42. The van der Waals surface area contributed by atoms with Gasteiger partial charge in [-0.2, -0.15) is 4.98 Å². The van der Waals surface area contributed by atoms with Crippen molar-refractivity contribution in [2.75, 3.05) is 11.5 Å². The summed E-state index contributed by atoms with van der Waals surface area (Å²) in [7, 11) is -3.72. The molecule has 0 amide bonds. The molecule has 14 heavy (non-hydrogen) atoms. The molecule has 0 saturated carbocycles. The molecular weight excluding hydrogens is 212 g/mol. The lowest BCUT2D eigenvalue weighted by molar-refractivity contribution is -0.136. The molecule has 0 bridgehead atoms. The number of nitrogens with two attached hydrogens (primary N) is 1. The minimum Gasteiger partial charge on any atom is -0.481 e. The van der Waals surface area contributed by atoms with E-state index in [1.165, 1.54) is 0 Å². The third-order valence-corrected chi connectivity index (χ3v) is 2.87. The van der Waals surface area contributed by atoms with Crippen molar-refractivity contribution < 1.29 is 18.3 Å². The molecule has 0 saturated heterocycles. The molecule has 0 atom stereocenters. The zero-order chi connectivity index (χ0) is 10.8.